The molecule has 2 aromatic carbocycles. The molecule has 2 rings (SSSR count). The van der Waals surface area contributed by atoms with Gasteiger partial charge in [0, 0.05) is 23.1 Å². The molecule has 1 N–H and O–H groups in total. The van der Waals surface area contributed by atoms with Crippen LogP contribution in [-0.2, 0) is 9.53 Å². The third-order valence-corrected chi connectivity index (χ3v) is 4.96. The summed E-state index contributed by atoms with van der Waals surface area (Å²) in [6.45, 7) is 10.5. The van der Waals surface area contributed by atoms with Crippen LogP contribution in [0.4, 0.5) is 5.69 Å². The van der Waals surface area contributed by atoms with Gasteiger partial charge in [-0.3, -0.25) is 9.59 Å². The normalized spacial score (nSPS) is 11.0. The fourth-order valence-electron chi connectivity index (χ4n) is 3.36. The Morgan fingerprint density at radius 3 is 1.91 bits per heavy atom. The predicted octanol–water partition coefficient (Wildman–Crippen LogP) is 4.65. The molecule has 0 aromatic heterocycles. The van der Waals surface area contributed by atoms with Gasteiger partial charge in [0.2, 0.25) is 11.7 Å². The lowest BCUT2D eigenvalue weighted by Gasteiger charge is -2.20. The highest BCUT2D eigenvalue weighted by Crippen LogP contribution is 2.34. The van der Waals surface area contributed by atoms with Crippen molar-refractivity contribution in [2.45, 2.75) is 41.5 Å². The predicted molar refractivity (Wildman–Crippen MR) is 123 cm³/mol. The number of carbonyl (C=O) groups is 3. The molecule has 0 unspecified atom stereocenters. The molecular formula is C25H31NO6. The van der Waals surface area contributed by atoms with Crippen molar-refractivity contribution >= 4 is 23.3 Å². The first kappa shape index (κ1) is 24.9. The molecule has 2 aromatic rings. The first-order valence-corrected chi connectivity index (χ1v) is 10.2. The summed E-state index contributed by atoms with van der Waals surface area (Å²) < 4.78 is 15.9. The van der Waals surface area contributed by atoms with Crippen LogP contribution < -0.4 is 14.8 Å². The Balaban J connectivity index is 2.33. The fraction of sp³-hybridized carbons (Fsp3) is 0.400. The van der Waals surface area contributed by atoms with Gasteiger partial charge in [0.15, 0.2) is 18.1 Å². The second kappa shape index (κ2) is 9.85. The summed E-state index contributed by atoms with van der Waals surface area (Å²) >= 11 is 0. The van der Waals surface area contributed by atoms with Gasteiger partial charge in [-0.25, -0.2) is 4.79 Å². The molecule has 0 spiro atoms. The van der Waals surface area contributed by atoms with E-state index in [9.17, 15) is 14.4 Å². The Hall–Kier alpha value is -3.35. The molecule has 1 amide bonds. The van der Waals surface area contributed by atoms with Gasteiger partial charge in [0.25, 0.3) is 0 Å². The first-order valence-electron chi connectivity index (χ1n) is 10.2. The molecule has 0 heterocycles. The van der Waals surface area contributed by atoms with Crippen LogP contribution in [0.15, 0.2) is 24.3 Å². The third kappa shape index (κ3) is 5.66. The molecule has 0 radical (unpaired) electrons. The van der Waals surface area contributed by atoms with E-state index in [0.29, 0.717) is 17.1 Å². The zero-order valence-electron chi connectivity index (χ0n) is 20.0. The fourth-order valence-corrected chi connectivity index (χ4v) is 3.36. The summed E-state index contributed by atoms with van der Waals surface area (Å²) in [7, 11) is 2.89. The van der Waals surface area contributed by atoms with Crippen LogP contribution >= 0.6 is 0 Å². The number of esters is 1. The maximum Gasteiger partial charge on any atom is 0.340 e. The molecule has 172 valence electrons. The molecule has 0 fully saturated rings. The van der Waals surface area contributed by atoms with Crippen molar-refractivity contribution in [3.05, 3.63) is 52.1 Å². The molecule has 0 aliphatic rings. The van der Waals surface area contributed by atoms with E-state index in [1.165, 1.54) is 26.4 Å². The van der Waals surface area contributed by atoms with Crippen molar-refractivity contribution in [1.82, 2.24) is 0 Å². The van der Waals surface area contributed by atoms with E-state index >= 15 is 0 Å². The summed E-state index contributed by atoms with van der Waals surface area (Å²) in [6.07, 6.45) is 0. The topological polar surface area (TPSA) is 90.9 Å². The van der Waals surface area contributed by atoms with Crippen LogP contribution in [0.25, 0.3) is 0 Å². The van der Waals surface area contributed by atoms with Gasteiger partial charge in [-0.05, 0) is 31.9 Å². The molecule has 7 nitrogen and oxygen atoms in total. The number of ether oxygens (including phenoxy) is 3. The largest absolute Gasteiger partial charge is 0.493 e. The number of Topliss-reactive ketones (excluding diaryl/α,β-unsaturated/α-hetero) is 1. The second-order valence-electron chi connectivity index (χ2n) is 8.73. The molecule has 0 aliphatic carbocycles. The number of anilines is 1. The zero-order valence-corrected chi connectivity index (χ0v) is 20.0. The van der Waals surface area contributed by atoms with Crippen LogP contribution in [0.5, 0.6) is 11.5 Å². The number of benzene rings is 2. The Kier molecular flexibility index (Phi) is 7.67. The van der Waals surface area contributed by atoms with Crippen LogP contribution in [0.1, 0.15) is 58.2 Å². The molecule has 0 bridgehead atoms. The van der Waals surface area contributed by atoms with E-state index in [2.05, 4.69) is 5.32 Å². The van der Waals surface area contributed by atoms with Crippen molar-refractivity contribution in [3.8, 4) is 11.5 Å². The molecular weight excluding hydrogens is 410 g/mol. The third-order valence-electron chi connectivity index (χ3n) is 4.96. The quantitative estimate of drug-likeness (QED) is 0.497. The molecule has 0 aliphatic heterocycles. The highest BCUT2D eigenvalue weighted by molar-refractivity contribution is 6.05. The van der Waals surface area contributed by atoms with E-state index < -0.39 is 18.0 Å². The number of nitrogens with one attached hydrogen (secondary N) is 1. The van der Waals surface area contributed by atoms with E-state index in [4.69, 9.17) is 14.2 Å². The summed E-state index contributed by atoms with van der Waals surface area (Å²) in [5, 5.41) is 2.74. The second-order valence-corrected chi connectivity index (χ2v) is 8.73. The van der Waals surface area contributed by atoms with Crippen LogP contribution in [0.3, 0.4) is 0 Å². The minimum atomic E-state index is -0.758. The highest BCUT2D eigenvalue weighted by atomic mass is 16.5. The summed E-state index contributed by atoms with van der Waals surface area (Å²) in [4.78, 5) is 38.2. The molecule has 0 saturated heterocycles. The Bertz CT molecular complexity index is 1030. The van der Waals surface area contributed by atoms with Gasteiger partial charge < -0.3 is 19.5 Å². The lowest BCUT2D eigenvalue weighted by molar-refractivity contribution is -0.123. The van der Waals surface area contributed by atoms with Gasteiger partial charge in [0.1, 0.15) is 0 Å². The summed E-state index contributed by atoms with van der Waals surface area (Å²) in [6, 6.07) is 6.74. The number of methoxy groups -OCH3 is 2. The maximum absolute atomic E-state index is 12.9. The van der Waals surface area contributed by atoms with Crippen LogP contribution in [-0.4, -0.2) is 38.5 Å². The summed E-state index contributed by atoms with van der Waals surface area (Å²) in [5.41, 5.74) is 2.83. The highest BCUT2D eigenvalue weighted by Gasteiger charge is 2.26. The molecule has 32 heavy (non-hydrogen) atoms. The van der Waals surface area contributed by atoms with Crippen molar-refractivity contribution < 1.29 is 28.6 Å². The monoisotopic (exact) mass is 441 g/mol. The van der Waals surface area contributed by atoms with E-state index in [-0.39, 0.29) is 22.9 Å². The van der Waals surface area contributed by atoms with Gasteiger partial charge in [-0.1, -0.05) is 38.5 Å². The van der Waals surface area contributed by atoms with Gasteiger partial charge in [-0.15, -0.1) is 0 Å². The number of amides is 1. The van der Waals surface area contributed by atoms with Gasteiger partial charge >= 0.3 is 5.97 Å². The van der Waals surface area contributed by atoms with Gasteiger partial charge in [-0.2, -0.15) is 0 Å². The zero-order chi connectivity index (χ0) is 24.2. The van der Waals surface area contributed by atoms with E-state index in [1.54, 1.807) is 20.8 Å². The van der Waals surface area contributed by atoms with E-state index in [0.717, 1.165) is 16.7 Å². The van der Waals surface area contributed by atoms with Crippen molar-refractivity contribution in [1.29, 1.82) is 0 Å². The number of rotatable bonds is 7. The Labute approximate surface area is 189 Å². The molecule has 7 heteroatoms. The number of hydrogen-bond acceptors (Lipinski definition) is 6. The standard InChI is InChI=1S/C25H31NO6/c1-14-9-15(2)22(16(3)10-14)19(27)13-32-23(28)17-11-20(30-7)21(31-8)12-18(17)26-24(29)25(4,5)6/h9-12H,13H2,1-8H3,(H,26,29). The summed E-state index contributed by atoms with van der Waals surface area (Å²) in [5.74, 6) is -0.708. The SMILES string of the molecule is COc1cc(NC(=O)C(C)(C)C)c(C(=O)OCC(=O)c2c(C)cc(C)cc2C)cc1OC. The smallest absolute Gasteiger partial charge is 0.340 e. The number of carbonyl (C=O) groups excluding carboxylic acids is 3. The Morgan fingerprint density at radius 2 is 1.41 bits per heavy atom. The number of aryl methyl sites for hydroxylation is 3. The van der Waals surface area contributed by atoms with Gasteiger partial charge in [0.05, 0.1) is 25.5 Å². The average molecular weight is 442 g/mol. The van der Waals surface area contributed by atoms with Crippen molar-refractivity contribution in [2.24, 2.45) is 5.41 Å². The molecule has 0 saturated carbocycles. The number of hydrogen-bond donors (Lipinski definition) is 1. The number of ketones is 1. The minimum Gasteiger partial charge on any atom is -0.493 e. The van der Waals surface area contributed by atoms with Crippen molar-refractivity contribution in [2.75, 3.05) is 26.1 Å². The lowest BCUT2D eigenvalue weighted by Crippen LogP contribution is -2.28. The maximum atomic E-state index is 12.9. The minimum absolute atomic E-state index is 0.0606. The first-order chi connectivity index (χ1) is 14.9. The molecule has 0 atom stereocenters. The average Bonchev–Trinajstić information content (AvgIpc) is 2.70. The Morgan fingerprint density at radius 1 is 0.875 bits per heavy atom. The lowest BCUT2D eigenvalue weighted by atomic mass is 9.95. The van der Waals surface area contributed by atoms with Crippen LogP contribution in [0, 0.1) is 26.2 Å². The van der Waals surface area contributed by atoms with Crippen LogP contribution in [0.2, 0.25) is 0 Å². The van der Waals surface area contributed by atoms with Crippen molar-refractivity contribution in [3.63, 3.8) is 0 Å². The van der Waals surface area contributed by atoms with E-state index in [1.807, 2.05) is 32.9 Å².